The van der Waals surface area contributed by atoms with Gasteiger partial charge in [-0.1, -0.05) is 24.3 Å². The van der Waals surface area contributed by atoms with Crippen LogP contribution in [0.4, 0.5) is 5.69 Å². The first-order chi connectivity index (χ1) is 14.6. The summed E-state index contributed by atoms with van der Waals surface area (Å²) in [5.74, 6) is 0.802. The molecule has 1 aliphatic rings. The fraction of sp³-hybridized carbons (Fsp3) is 0.250. The van der Waals surface area contributed by atoms with E-state index in [0.29, 0.717) is 35.8 Å². The zero-order valence-corrected chi connectivity index (χ0v) is 16.8. The number of para-hydroxylation sites is 2. The van der Waals surface area contributed by atoms with E-state index in [1.807, 2.05) is 55.5 Å². The second-order valence-corrected chi connectivity index (χ2v) is 7.51. The molecule has 4 rings (SSSR count). The third-order valence-corrected chi connectivity index (χ3v) is 5.21. The number of rotatable bonds is 5. The number of piperidine rings is 1. The average molecular weight is 404 g/mol. The van der Waals surface area contributed by atoms with E-state index in [2.05, 4.69) is 5.32 Å². The number of amides is 2. The van der Waals surface area contributed by atoms with Gasteiger partial charge in [0.1, 0.15) is 12.0 Å². The maximum Gasteiger partial charge on any atom is 0.257 e. The van der Waals surface area contributed by atoms with Gasteiger partial charge in [0.15, 0.2) is 5.75 Å². The molecule has 30 heavy (non-hydrogen) atoms. The molecule has 0 spiro atoms. The molecule has 0 bridgehead atoms. The van der Waals surface area contributed by atoms with E-state index in [-0.39, 0.29) is 17.7 Å². The van der Waals surface area contributed by atoms with E-state index >= 15 is 0 Å². The quantitative estimate of drug-likeness (QED) is 0.658. The minimum atomic E-state index is -0.276. The molecule has 0 radical (unpaired) electrons. The summed E-state index contributed by atoms with van der Waals surface area (Å²) in [6.07, 6.45) is 4.43. The second-order valence-electron chi connectivity index (χ2n) is 7.51. The lowest BCUT2D eigenvalue weighted by Gasteiger charge is -2.31. The van der Waals surface area contributed by atoms with Crippen molar-refractivity contribution in [1.82, 2.24) is 4.90 Å². The lowest BCUT2D eigenvalue weighted by molar-refractivity contribution is -0.121. The topological polar surface area (TPSA) is 71.8 Å². The fourth-order valence-corrected chi connectivity index (χ4v) is 3.64. The van der Waals surface area contributed by atoms with Gasteiger partial charge in [0, 0.05) is 13.1 Å². The van der Waals surface area contributed by atoms with Crippen LogP contribution in [0.25, 0.3) is 0 Å². The number of likely N-dealkylation sites (tertiary alicyclic amines) is 1. The predicted molar refractivity (Wildman–Crippen MR) is 114 cm³/mol. The number of furan rings is 1. The van der Waals surface area contributed by atoms with Crippen molar-refractivity contribution in [2.75, 3.05) is 18.4 Å². The highest BCUT2D eigenvalue weighted by molar-refractivity contribution is 5.96. The molecule has 1 aromatic heterocycles. The molecular weight excluding hydrogens is 380 g/mol. The Morgan fingerprint density at radius 2 is 2.00 bits per heavy atom. The highest BCUT2D eigenvalue weighted by atomic mass is 16.5. The number of carbonyl (C=O) groups excluding carboxylic acids is 2. The third-order valence-electron chi connectivity index (χ3n) is 5.21. The Morgan fingerprint density at radius 1 is 1.13 bits per heavy atom. The largest absolute Gasteiger partial charge is 0.472 e. The molecule has 154 valence electrons. The SMILES string of the molecule is Cc1cccc(Oc2ccccc2NC(=O)C2CCCN(C(=O)c3ccoc3)C2)c1. The van der Waals surface area contributed by atoms with Gasteiger partial charge in [-0.3, -0.25) is 9.59 Å². The minimum absolute atomic E-state index is 0.107. The molecule has 6 nitrogen and oxygen atoms in total. The Morgan fingerprint density at radius 3 is 2.80 bits per heavy atom. The number of aryl methyl sites for hydroxylation is 1. The highest BCUT2D eigenvalue weighted by Gasteiger charge is 2.29. The van der Waals surface area contributed by atoms with E-state index in [0.717, 1.165) is 18.4 Å². The van der Waals surface area contributed by atoms with Gasteiger partial charge in [-0.05, 0) is 55.7 Å². The Balaban J connectivity index is 1.44. The number of nitrogens with zero attached hydrogens (tertiary/aromatic N) is 1. The van der Waals surface area contributed by atoms with Crippen LogP contribution in [0, 0.1) is 12.8 Å². The predicted octanol–water partition coefficient (Wildman–Crippen LogP) is 4.87. The molecule has 3 aromatic rings. The van der Waals surface area contributed by atoms with Crippen molar-refractivity contribution >= 4 is 17.5 Å². The van der Waals surface area contributed by atoms with Crippen molar-refractivity contribution in [3.05, 3.63) is 78.3 Å². The van der Waals surface area contributed by atoms with Crippen LogP contribution in [-0.4, -0.2) is 29.8 Å². The number of carbonyl (C=O) groups is 2. The maximum absolute atomic E-state index is 13.0. The Hall–Kier alpha value is -3.54. The van der Waals surface area contributed by atoms with Crippen molar-refractivity contribution in [2.24, 2.45) is 5.92 Å². The van der Waals surface area contributed by atoms with Crippen LogP contribution in [0.15, 0.2) is 71.5 Å². The first kappa shape index (κ1) is 19.8. The van der Waals surface area contributed by atoms with Crippen molar-refractivity contribution in [1.29, 1.82) is 0 Å². The number of hydrogen-bond acceptors (Lipinski definition) is 4. The van der Waals surface area contributed by atoms with Gasteiger partial charge in [0.05, 0.1) is 23.4 Å². The lowest BCUT2D eigenvalue weighted by Crippen LogP contribution is -2.43. The average Bonchev–Trinajstić information content (AvgIpc) is 3.30. The van der Waals surface area contributed by atoms with Crippen LogP contribution in [0.1, 0.15) is 28.8 Å². The van der Waals surface area contributed by atoms with Gasteiger partial charge < -0.3 is 19.4 Å². The summed E-state index contributed by atoms with van der Waals surface area (Å²) >= 11 is 0. The Labute approximate surface area is 175 Å². The van der Waals surface area contributed by atoms with E-state index in [9.17, 15) is 9.59 Å². The Bertz CT molecular complexity index is 1030. The van der Waals surface area contributed by atoms with Crippen LogP contribution < -0.4 is 10.1 Å². The zero-order chi connectivity index (χ0) is 20.9. The number of nitrogens with one attached hydrogen (secondary N) is 1. The summed E-state index contributed by atoms with van der Waals surface area (Å²) in [7, 11) is 0. The van der Waals surface area contributed by atoms with Crippen LogP contribution in [-0.2, 0) is 4.79 Å². The summed E-state index contributed by atoms with van der Waals surface area (Å²) in [5.41, 5.74) is 2.22. The van der Waals surface area contributed by atoms with Crippen LogP contribution >= 0.6 is 0 Å². The molecule has 2 heterocycles. The minimum Gasteiger partial charge on any atom is -0.472 e. The van der Waals surface area contributed by atoms with E-state index in [4.69, 9.17) is 9.15 Å². The molecule has 1 N–H and O–H groups in total. The fourth-order valence-electron chi connectivity index (χ4n) is 3.64. The standard InChI is InChI=1S/C24H24N2O4/c1-17-6-4-8-20(14-17)30-22-10-3-2-9-21(22)25-23(27)18-7-5-12-26(15-18)24(28)19-11-13-29-16-19/h2-4,6,8-11,13-14,16,18H,5,7,12,15H2,1H3,(H,25,27). The monoisotopic (exact) mass is 404 g/mol. The normalized spacial score (nSPS) is 16.2. The van der Waals surface area contributed by atoms with Gasteiger partial charge >= 0.3 is 0 Å². The van der Waals surface area contributed by atoms with Crippen molar-refractivity contribution in [3.8, 4) is 11.5 Å². The first-order valence-corrected chi connectivity index (χ1v) is 10.1. The van der Waals surface area contributed by atoms with Gasteiger partial charge in [-0.15, -0.1) is 0 Å². The highest BCUT2D eigenvalue weighted by Crippen LogP contribution is 2.30. The van der Waals surface area contributed by atoms with Crippen LogP contribution in [0.5, 0.6) is 11.5 Å². The number of anilines is 1. The third kappa shape index (κ3) is 4.54. The van der Waals surface area contributed by atoms with E-state index in [1.165, 1.54) is 12.5 Å². The maximum atomic E-state index is 13.0. The van der Waals surface area contributed by atoms with Crippen LogP contribution in [0.3, 0.4) is 0 Å². The summed E-state index contributed by atoms with van der Waals surface area (Å²) in [6, 6.07) is 16.8. The summed E-state index contributed by atoms with van der Waals surface area (Å²) in [6.45, 7) is 3.03. The number of hydrogen-bond donors (Lipinski definition) is 1. The molecule has 1 aliphatic heterocycles. The second kappa shape index (κ2) is 8.86. The summed E-state index contributed by atoms with van der Waals surface area (Å²) in [5, 5.41) is 2.99. The molecular formula is C24H24N2O4. The molecule has 6 heteroatoms. The molecule has 2 aromatic carbocycles. The summed E-state index contributed by atoms with van der Waals surface area (Å²) < 4.78 is 11.0. The first-order valence-electron chi connectivity index (χ1n) is 10.1. The van der Waals surface area contributed by atoms with Gasteiger partial charge in [-0.2, -0.15) is 0 Å². The van der Waals surface area contributed by atoms with Gasteiger partial charge in [-0.25, -0.2) is 0 Å². The van der Waals surface area contributed by atoms with Gasteiger partial charge in [0.25, 0.3) is 5.91 Å². The number of ether oxygens (including phenoxy) is 1. The van der Waals surface area contributed by atoms with E-state index < -0.39 is 0 Å². The zero-order valence-electron chi connectivity index (χ0n) is 16.8. The molecule has 2 amide bonds. The van der Waals surface area contributed by atoms with E-state index in [1.54, 1.807) is 11.0 Å². The molecule has 0 saturated carbocycles. The lowest BCUT2D eigenvalue weighted by atomic mass is 9.96. The van der Waals surface area contributed by atoms with Crippen molar-refractivity contribution < 1.29 is 18.7 Å². The van der Waals surface area contributed by atoms with Gasteiger partial charge in [0.2, 0.25) is 5.91 Å². The van der Waals surface area contributed by atoms with Crippen molar-refractivity contribution in [3.63, 3.8) is 0 Å². The molecule has 1 fully saturated rings. The molecule has 1 unspecified atom stereocenters. The molecule has 1 saturated heterocycles. The molecule has 1 atom stereocenters. The smallest absolute Gasteiger partial charge is 0.257 e. The van der Waals surface area contributed by atoms with Crippen molar-refractivity contribution in [2.45, 2.75) is 19.8 Å². The molecule has 0 aliphatic carbocycles. The Kier molecular flexibility index (Phi) is 5.84. The summed E-state index contributed by atoms with van der Waals surface area (Å²) in [4.78, 5) is 27.3. The number of benzene rings is 2. The van der Waals surface area contributed by atoms with Crippen LogP contribution in [0.2, 0.25) is 0 Å².